The van der Waals surface area contributed by atoms with Crippen LogP contribution >= 0.6 is 0 Å². The van der Waals surface area contributed by atoms with E-state index in [0.29, 0.717) is 6.04 Å². The topological polar surface area (TPSA) is 29.9 Å². The maximum absolute atomic E-state index is 4.37. The Hall–Kier alpha value is -0.830. The second kappa shape index (κ2) is 3.72. The Morgan fingerprint density at radius 1 is 1.67 bits per heavy atom. The highest BCUT2D eigenvalue weighted by atomic mass is 15.3. The summed E-state index contributed by atoms with van der Waals surface area (Å²) in [4.78, 5) is 0. The summed E-state index contributed by atoms with van der Waals surface area (Å²) in [5, 5.41) is 7.58. The van der Waals surface area contributed by atoms with Crippen molar-refractivity contribution in [1.82, 2.24) is 15.1 Å². The lowest BCUT2D eigenvalue weighted by Crippen LogP contribution is -2.12. The number of hydrogen-bond acceptors (Lipinski definition) is 2. The molecule has 1 aromatic heterocycles. The van der Waals surface area contributed by atoms with Crippen molar-refractivity contribution in [2.24, 2.45) is 0 Å². The van der Waals surface area contributed by atoms with Gasteiger partial charge in [-0.1, -0.05) is 0 Å². The minimum Gasteiger partial charge on any atom is -0.313 e. The molecule has 1 aromatic rings. The van der Waals surface area contributed by atoms with Crippen molar-refractivity contribution in [3.05, 3.63) is 17.5 Å². The third kappa shape index (κ3) is 1.67. The summed E-state index contributed by atoms with van der Waals surface area (Å²) in [6.07, 6.45) is 2.11. The molecule has 0 aliphatic carbocycles. The fourth-order valence-corrected chi connectivity index (χ4v) is 1.28. The third-order valence-electron chi connectivity index (χ3n) is 2.21. The second-order valence-electron chi connectivity index (χ2n) is 3.04. The largest absolute Gasteiger partial charge is 0.313 e. The van der Waals surface area contributed by atoms with E-state index in [1.54, 1.807) is 0 Å². The molecule has 0 saturated heterocycles. The fraction of sp³-hybridized carbons (Fsp3) is 0.667. The third-order valence-corrected chi connectivity index (χ3v) is 2.21. The molecule has 0 aliphatic rings. The van der Waals surface area contributed by atoms with E-state index in [4.69, 9.17) is 0 Å². The first kappa shape index (κ1) is 9.26. The van der Waals surface area contributed by atoms with Gasteiger partial charge in [0.15, 0.2) is 0 Å². The Labute approximate surface area is 73.8 Å². The van der Waals surface area contributed by atoms with E-state index in [2.05, 4.69) is 37.4 Å². The number of nitrogens with one attached hydrogen (secondary N) is 1. The van der Waals surface area contributed by atoms with Crippen LogP contribution in [0.3, 0.4) is 0 Å². The summed E-state index contributed by atoms with van der Waals surface area (Å²) in [6.45, 7) is 7.23. The SMILES string of the molecule is CCn1cc(C(C)NC)c(C)n1. The van der Waals surface area contributed by atoms with Crippen LogP contribution in [0.25, 0.3) is 0 Å². The molecule has 1 atom stereocenters. The predicted octanol–water partition coefficient (Wildman–Crippen LogP) is 1.49. The Balaban J connectivity index is 2.91. The van der Waals surface area contributed by atoms with Crippen LogP contribution in [0.15, 0.2) is 6.20 Å². The Bertz CT molecular complexity index is 252. The van der Waals surface area contributed by atoms with Crippen LogP contribution in [0.1, 0.15) is 31.1 Å². The van der Waals surface area contributed by atoms with Crippen LogP contribution in [0, 0.1) is 6.92 Å². The van der Waals surface area contributed by atoms with Gasteiger partial charge in [0.25, 0.3) is 0 Å². The summed E-state index contributed by atoms with van der Waals surface area (Å²) in [5.41, 5.74) is 2.41. The summed E-state index contributed by atoms with van der Waals surface area (Å²) < 4.78 is 1.97. The highest BCUT2D eigenvalue weighted by molar-refractivity contribution is 5.19. The van der Waals surface area contributed by atoms with E-state index in [0.717, 1.165) is 12.2 Å². The first-order valence-corrected chi connectivity index (χ1v) is 4.40. The fourth-order valence-electron chi connectivity index (χ4n) is 1.28. The van der Waals surface area contributed by atoms with E-state index in [1.807, 2.05) is 11.7 Å². The van der Waals surface area contributed by atoms with Crippen molar-refractivity contribution in [3.8, 4) is 0 Å². The highest BCUT2D eigenvalue weighted by Crippen LogP contribution is 2.14. The molecule has 0 aliphatic heterocycles. The van der Waals surface area contributed by atoms with Gasteiger partial charge in [-0.2, -0.15) is 5.10 Å². The maximum Gasteiger partial charge on any atom is 0.0641 e. The van der Waals surface area contributed by atoms with Crippen LogP contribution < -0.4 is 5.32 Å². The van der Waals surface area contributed by atoms with E-state index < -0.39 is 0 Å². The van der Waals surface area contributed by atoms with E-state index >= 15 is 0 Å². The van der Waals surface area contributed by atoms with Gasteiger partial charge in [-0.3, -0.25) is 4.68 Å². The molecular formula is C9H17N3. The highest BCUT2D eigenvalue weighted by Gasteiger charge is 2.09. The molecule has 68 valence electrons. The quantitative estimate of drug-likeness (QED) is 0.739. The second-order valence-corrected chi connectivity index (χ2v) is 3.04. The van der Waals surface area contributed by atoms with Crippen molar-refractivity contribution >= 4 is 0 Å². The van der Waals surface area contributed by atoms with Gasteiger partial charge in [0.2, 0.25) is 0 Å². The van der Waals surface area contributed by atoms with Gasteiger partial charge in [-0.25, -0.2) is 0 Å². The van der Waals surface area contributed by atoms with E-state index in [9.17, 15) is 0 Å². The number of nitrogens with zero attached hydrogens (tertiary/aromatic N) is 2. The summed E-state index contributed by atoms with van der Waals surface area (Å²) in [5.74, 6) is 0. The zero-order valence-electron chi connectivity index (χ0n) is 8.26. The zero-order chi connectivity index (χ0) is 9.14. The molecule has 3 heteroatoms. The molecular weight excluding hydrogens is 150 g/mol. The molecule has 0 bridgehead atoms. The number of aryl methyl sites for hydroxylation is 2. The standard InChI is InChI=1S/C9H17N3/c1-5-12-6-9(7(2)10-4)8(3)11-12/h6-7,10H,5H2,1-4H3. The Morgan fingerprint density at radius 2 is 2.33 bits per heavy atom. The van der Waals surface area contributed by atoms with E-state index in [-0.39, 0.29) is 0 Å². The van der Waals surface area contributed by atoms with Crippen LogP contribution in [0.2, 0.25) is 0 Å². The van der Waals surface area contributed by atoms with Gasteiger partial charge >= 0.3 is 0 Å². The predicted molar refractivity (Wildman–Crippen MR) is 50.1 cm³/mol. The zero-order valence-corrected chi connectivity index (χ0v) is 8.26. The molecule has 0 spiro atoms. The Kier molecular flexibility index (Phi) is 2.87. The molecule has 0 radical (unpaired) electrons. The van der Waals surface area contributed by atoms with Crippen LogP contribution in [0.5, 0.6) is 0 Å². The van der Waals surface area contributed by atoms with Crippen molar-refractivity contribution in [2.45, 2.75) is 33.4 Å². The molecule has 1 N–H and O–H groups in total. The van der Waals surface area contributed by atoms with Gasteiger partial charge in [0.05, 0.1) is 5.69 Å². The van der Waals surface area contributed by atoms with Gasteiger partial charge in [0.1, 0.15) is 0 Å². The monoisotopic (exact) mass is 167 g/mol. The first-order chi connectivity index (χ1) is 5.69. The normalized spacial score (nSPS) is 13.3. The summed E-state index contributed by atoms with van der Waals surface area (Å²) in [6, 6.07) is 0.394. The van der Waals surface area contributed by atoms with Gasteiger partial charge in [0, 0.05) is 24.3 Å². The van der Waals surface area contributed by atoms with Gasteiger partial charge in [-0.05, 0) is 27.8 Å². The Morgan fingerprint density at radius 3 is 2.75 bits per heavy atom. The van der Waals surface area contributed by atoms with Crippen LogP contribution in [-0.2, 0) is 6.54 Å². The molecule has 0 aromatic carbocycles. The van der Waals surface area contributed by atoms with Gasteiger partial charge in [-0.15, -0.1) is 0 Å². The lowest BCUT2D eigenvalue weighted by molar-refractivity contribution is 0.640. The van der Waals surface area contributed by atoms with Crippen molar-refractivity contribution in [3.63, 3.8) is 0 Å². The molecule has 0 fully saturated rings. The molecule has 0 amide bonds. The smallest absolute Gasteiger partial charge is 0.0641 e. The van der Waals surface area contributed by atoms with Gasteiger partial charge < -0.3 is 5.32 Å². The average Bonchev–Trinajstić information content (AvgIpc) is 2.45. The van der Waals surface area contributed by atoms with Crippen molar-refractivity contribution < 1.29 is 0 Å². The molecule has 0 saturated carbocycles. The van der Waals surface area contributed by atoms with Crippen LogP contribution in [-0.4, -0.2) is 16.8 Å². The van der Waals surface area contributed by atoms with Crippen molar-refractivity contribution in [1.29, 1.82) is 0 Å². The lowest BCUT2D eigenvalue weighted by Gasteiger charge is -2.07. The van der Waals surface area contributed by atoms with Crippen LogP contribution in [0.4, 0.5) is 0 Å². The lowest BCUT2D eigenvalue weighted by atomic mass is 10.1. The summed E-state index contributed by atoms with van der Waals surface area (Å²) in [7, 11) is 1.97. The van der Waals surface area contributed by atoms with Crippen molar-refractivity contribution in [2.75, 3.05) is 7.05 Å². The minimum atomic E-state index is 0.394. The number of hydrogen-bond donors (Lipinski definition) is 1. The molecule has 1 heterocycles. The molecule has 1 rings (SSSR count). The maximum atomic E-state index is 4.37. The molecule has 12 heavy (non-hydrogen) atoms. The first-order valence-electron chi connectivity index (χ1n) is 4.40. The molecule has 3 nitrogen and oxygen atoms in total. The average molecular weight is 167 g/mol. The summed E-state index contributed by atoms with van der Waals surface area (Å²) >= 11 is 0. The minimum absolute atomic E-state index is 0.394. The number of aromatic nitrogens is 2. The van der Waals surface area contributed by atoms with E-state index in [1.165, 1.54) is 5.56 Å². The molecule has 1 unspecified atom stereocenters. The number of rotatable bonds is 3.